The molecule has 21 heteroatoms. The largest absolute Gasteiger partial charge is 0.442 e. The molecule has 0 radical (unpaired) electrons. The van der Waals surface area contributed by atoms with Crippen LogP contribution in [0.1, 0.15) is 66.7 Å². The lowest BCUT2D eigenvalue weighted by atomic mass is 10.1. The number of halogens is 1. The number of rotatable bonds is 12. The van der Waals surface area contributed by atoms with Gasteiger partial charge < -0.3 is 47.3 Å². The predicted octanol–water partition coefficient (Wildman–Crippen LogP) is 6.61. The van der Waals surface area contributed by atoms with E-state index in [0.29, 0.717) is 24.5 Å². The molecule has 19 nitrogen and oxygen atoms in total. The van der Waals surface area contributed by atoms with E-state index in [1.165, 1.54) is 43.1 Å². The highest BCUT2D eigenvalue weighted by molar-refractivity contribution is 9.10. The number of fused-ring (bicyclic) bond motifs is 20. The molecule has 7 aromatic rings. The maximum absolute atomic E-state index is 13.6. The van der Waals surface area contributed by atoms with E-state index in [1.54, 1.807) is 6.92 Å². The van der Waals surface area contributed by atoms with Gasteiger partial charge in [0.15, 0.2) is 39.9 Å². The third-order valence-electron chi connectivity index (χ3n) is 8.51. The van der Waals surface area contributed by atoms with E-state index in [1.807, 2.05) is 0 Å². The van der Waals surface area contributed by atoms with Gasteiger partial charge in [-0.1, -0.05) is 25.7 Å². The van der Waals surface area contributed by atoms with Crippen molar-refractivity contribution in [3.63, 3.8) is 0 Å². The minimum absolute atomic E-state index is 0.0193. The van der Waals surface area contributed by atoms with Crippen molar-refractivity contribution in [2.75, 3.05) is 24.6 Å². The van der Waals surface area contributed by atoms with Crippen molar-refractivity contribution >= 4 is 39.5 Å². The number of nitrogens with zero attached hydrogens (tertiary/aromatic N) is 7. The van der Waals surface area contributed by atoms with Gasteiger partial charge in [0, 0.05) is 12.3 Å². The number of nitrogens with two attached hydrogens (primary N) is 1. The highest BCUT2D eigenvalue weighted by Crippen LogP contribution is 2.36. The summed E-state index contributed by atoms with van der Waals surface area (Å²) in [5.74, 6) is 0.740. The Bertz CT molecular complexity index is 2460. The van der Waals surface area contributed by atoms with Gasteiger partial charge in [-0.25, -0.2) is 34.9 Å². The molecule has 0 aromatic carbocycles. The molecular formula is C35H33BrN10O9S. The molecule has 0 saturated carbocycles. The summed E-state index contributed by atoms with van der Waals surface area (Å²) in [6.07, 6.45) is 12.9. The van der Waals surface area contributed by atoms with Crippen LogP contribution in [-0.2, 0) is 4.79 Å². The zero-order valence-corrected chi connectivity index (χ0v) is 32.1. The van der Waals surface area contributed by atoms with E-state index in [2.05, 4.69) is 61.5 Å². The minimum atomic E-state index is -0.833. The highest BCUT2D eigenvalue weighted by atomic mass is 79.9. The van der Waals surface area contributed by atoms with Gasteiger partial charge in [0.1, 0.15) is 43.1 Å². The molecule has 8 heterocycles. The van der Waals surface area contributed by atoms with Gasteiger partial charge in [0.05, 0.1) is 5.75 Å². The van der Waals surface area contributed by atoms with Gasteiger partial charge in [0.25, 0.3) is 11.8 Å². The summed E-state index contributed by atoms with van der Waals surface area (Å²) in [5.41, 5.74) is 7.05. The first-order chi connectivity index (χ1) is 27.3. The van der Waals surface area contributed by atoms with Crippen molar-refractivity contribution in [2.45, 2.75) is 51.5 Å². The summed E-state index contributed by atoms with van der Waals surface area (Å²) in [5, 5.41) is 5.86. The summed E-state index contributed by atoms with van der Waals surface area (Å²) >= 11 is 4.72. The fraction of sp³-hybridized carbons (Fsp3) is 0.343. The number of nitrogens with one attached hydrogen (secondary N) is 2. The average molecular weight is 850 g/mol. The minimum Gasteiger partial charge on any atom is -0.442 e. The zero-order valence-electron chi connectivity index (χ0n) is 29.7. The summed E-state index contributed by atoms with van der Waals surface area (Å²) in [6, 6.07) is -0.833. The predicted molar refractivity (Wildman–Crippen MR) is 199 cm³/mol. The maximum atomic E-state index is 13.6. The van der Waals surface area contributed by atoms with E-state index in [9.17, 15) is 9.59 Å². The second-order valence-electron chi connectivity index (χ2n) is 12.6. The van der Waals surface area contributed by atoms with Crippen molar-refractivity contribution in [1.29, 1.82) is 0 Å². The monoisotopic (exact) mass is 848 g/mol. The topological polar surface area (TPSA) is 266 Å². The summed E-state index contributed by atoms with van der Waals surface area (Å²) in [6.45, 7) is 2.99. The van der Waals surface area contributed by atoms with E-state index in [4.69, 9.17) is 36.7 Å². The van der Waals surface area contributed by atoms with Crippen LogP contribution in [0.25, 0.3) is 69.5 Å². The zero-order chi connectivity index (χ0) is 38.6. The number of oxazole rings is 7. The Kier molecular flexibility index (Phi) is 11.0. The van der Waals surface area contributed by atoms with Gasteiger partial charge >= 0.3 is 0 Å². The fourth-order valence-corrected chi connectivity index (χ4v) is 6.96. The molecule has 1 aliphatic heterocycles. The van der Waals surface area contributed by atoms with E-state index in [-0.39, 0.29) is 97.5 Å². The molecule has 7 aromatic heterocycles. The van der Waals surface area contributed by atoms with Crippen LogP contribution < -0.4 is 16.4 Å². The second kappa shape index (κ2) is 16.5. The maximum Gasteiger partial charge on any atom is 0.273 e. The highest BCUT2D eigenvalue weighted by Gasteiger charge is 2.29. The Morgan fingerprint density at radius 2 is 1.25 bits per heavy atom. The van der Waals surface area contributed by atoms with Crippen LogP contribution in [0.4, 0.5) is 0 Å². The van der Waals surface area contributed by atoms with E-state index in [0.717, 1.165) is 38.5 Å². The Morgan fingerprint density at radius 3 is 1.88 bits per heavy atom. The van der Waals surface area contributed by atoms with E-state index < -0.39 is 11.9 Å². The molecule has 8 rings (SSSR count). The smallest absolute Gasteiger partial charge is 0.273 e. The van der Waals surface area contributed by atoms with Crippen LogP contribution in [0, 0.1) is 6.92 Å². The van der Waals surface area contributed by atoms with Crippen molar-refractivity contribution < 1.29 is 40.5 Å². The third kappa shape index (κ3) is 8.09. The number of amides is 2. The third-order valence-corrected chi connectivity index (χ3v) is 10.1. The molecular weight excluding hydrogens is 816 g/mol. The van der Waals surface area contributed by atoms with Gasteiger partial charge in [-0.2, -0.15) is 0 Å². The first-order valence-corrected chi connectivity index (χ1v) is 19.6. The van der Waals surface area contributed by atoms with Crippen molar-refractivity contribution in [1.82, 2.24) is 45.5 Å². The van der Waals surface area contributed by atoms with Crippen LogP contribution >= 0.6 is 27.7 Å². The summed E-state index contributed by atoms with van der Waals surface area (Å²) in [4.78, 5) is 57.6. The van der Waals surface area contributed by atoms with Crippen LogP contribution in [-0.4, -0.2) is 71.3 Å². The lowest BCUT2D eigenvalue weighted by Gasteiger charge is -2.14. The Labute approximate surface area is 329 Å². The lowest BCUT2D eigenvalue weighted by molar-refractivity contribution is -0.118. The fourth-order valence-electron chi connectivity index (χ4n) is 5.67. The molecule has 1 aliphatic rings. The van der Waals surface area contributed by atoms with Crippen molar-refractivity contribution in [3.05, 3.63) is 53.3 Å². The standard InChI is InChI=1S/C35H33BrN10O9S/c1-17-25-34-44-22(14-53-34)32-43-21(13-52-32)31-42-20(12-51-31)30-41-19(11-50-30)29-40-18(10-49-29)28(48)39-23(33-46-26(27(36)55-33)35(45-25)54-17)15-56-16-24(47)38-9-7-5-3-2-4-6-8-37/h10-14,23H,2-9,15-16,37H2,1H3,(H,38,47)(H,39,48)/t23-/m0/s1. The average Bonchev–Trinajstić information content (AvgIpc) is 4.02. The number of carbonyl (C=O) groups excluding carboxylic acids is 2. The Hall–Kier alpha value is -5.80. The first-order valence-electron chi connectivity index (χ1n) is 17.6. The number of carbonyl (C=O) groups is 2. The summed E-state index contributed by atoms with van der Waals surface area (Å²) in [7, 11) is 0. The molecule has 4 N–H and O–H groups in total. The quantitative estimate of drug-likeness (QED) is 0.109. The molecule has 0 saturated heterocycles. The van der Waals surface area contributed by atoms with Crippen LogP contribution in [0.3, 0.4) is 0 Å². The van der Waals surface area contributed by atoms with Crippen LogP contribution in [0.2, 0.25) is 0 Å². The number of aryl methyl sites for hydroxylation is 1. The first kappa shape index (κ1) is 37.1. The molecule has 290 valence electrons. The molecule has 14 bridgehead atoms. The molecule has 2 amide bonds. The van der Waals surface area contributed by atoms with Crippen molar-refractivity contribution in [2.24, 2.45) is 5.73 Å². The second-order valence-corrected chi connectivity index (χ2v) is 14.3. The van der Waals surface area contributed by atoms with Gasteiger partial charge in [-0.05, 0) is 42.2 Å². The molecule has 0 fully saturated rings. The molecule has 0 unspecified atom stereocenters. The molecule has 0 aliphatic carbocycles. The molecule has 1 atom stereocenters. The lowest BCUT2D eigenvalue weighted by Crippen LogP contribution is -2.31. The van der Waals surface area contributed by atoms with Crippen molar-refractivity contribution in [3.8, 4) is 69.5 Å². The molecule has 0 spiro atoms. The molecule has 56 heavy (non-hydrogen) atoms. The van der Waals surface area contributed by atoms with Gasteiger partial charge in [-0.15, -0.1) is 11.8 Å². The number of aromatic nitrogens is 7. The summed E-state index contributed by atoms with van der Waals surface area (Å²) < 4.78 is 40.4. The number of unbranched alkanes of at least 4 members (excludes halogenated alkanes) is 5. The Morgan fingerprint density at radius 1 is 0.714 bits per heavy atom. The normalized spacial score (nSPS) is 13.8. The van der Waals surface area contributed by atoms with Crippen LogP contribution in [0.5, 0.6) is 0 Å². The number of hydrogen-bond donors (Lipinski definition) is 3. The Balaban J connectivity index is 1.05. The van der Waals surface area contributed by atoms with Crippen LogP contribution in [0.15, 0.2) is 66.9 Å². The number of thioether (sulfide) groups is 1. The SMILES string of the molecule is Cc1oc2nc1-c1nc(co1)-c1nc(co1)-c1nc(co1)-c1nc(co1)-c1nc(co1)C(=O)N[C@@H](CSCC(=O)NCCCCCCCCN)c1nc-2c(Br)o1. The van der Waals surface area contributed by atoms with E-state index >= 15 is 0 Å². The van der Waals surface area contributed by atoms with Gasteiger partial charge in [0.2, 0.25) is 45.9 Å². The number of hydrogen-bond acceptors (Lipinski definition) is 18. The van der Waals surface area contributed by atoms with Gasteiger partial charge in [-0.3, -0.25) is 9.59 Å².